The van der Waals surface area contributed by atoms with E-state index in [2.05, 4.69) is 59.7 Å². The van der Waals surface area contributed by atoms with E-state index in [1.807, 2.05) is 24.4 Å². The second-order valence-corrected chi connectivity index (χ2v) is 9.86. The number of piperidine rings is 1. The summed E-state index contributed by atoms with van der Waals surface area (Å²) >= 11 is 0. The topological polar surface area (TPSA) is 64.2 Å². The van der Waals surface area contributed by atoms with E-state index in [1.165, 1.54) is 22.0 Å². The molecular formula is C26H32N4O. The van der Waals surface area contributed by atoms with Crippen molar-refractivity contribution in [3.8, 4) is 0 Å². The van der Waals surface area contributed by atoms with Gasteiger partial charge in [0.15, 0.2) is 0 Å². The van der Waals surface area contributed by atoms with Crippen molar-refractivity contribution < 1.29 is 4.79 Å². The number of likely N-dealkylation sites (N-methyl/N-ethyl adjacent to an activating group) is 1. The van der Waals surface area contributed by atoms with Crippen LogP contribution < -0.4 is 5.73 Å². The fourth-order valence-corrected chi connectivity index (χ4v) is 6.08. The fraction of sp³-hybridized carbons (Fsp3) is 0.462. The lowest BCUT2D eigenvalue weighted by Gasteiger charge is -2.50. The molecule has 31 heavy (non-hydrogen) atoms. The highest BCUT2D eigenvalue weighted by molar-refractivity contribution is 5.90. The number of aromatic nitrogens is 2. The van der Waals surface area contributed by atoms with Crippen molar-refractivity contribution in [2.75, 3.05) is 13.6 Å². The normalized spacial score (nSPS) is 25.7. The van der Waals surface area contributed by atoms with Crippen molar-refractivity contribution in [1.82, 2.24) is 14.5 Å². The van der Waals surface area contributed by atoms with Crippen LogP contribution in [-0.2, 0) is 17.6 Å². The third kappa shape index (κ3) is 3.26. The molecule has 3 heterocycles. The highest BCUT2D eigenvalue weighted by atomic mass is 16.1. The first-order chi connectivity index (χ1) is 14.9. The Morgan fingerprint density at radius 1 is 1.26 bits per heavy atom. The highest BCUT2D eigenvalue weighted by Crippen LogP contribution is 2.50. The molecule has 0 bridgehead atoms. The Bertz CT molecular complexity index is 1120. The van der Waals surface area contributed by atoms with Gasteiger partial charge in [-0.05, 0) is 75.9 Å². The first kappa shape index (κ1) is 20.3. The SMILES string of the molecule is CC(C)n1cc2c3c(cccc31)[C@H]1CC(CCc3ccccn3)(C(N)=O)CN(C)[C@@H]1C2. The molecule has 0 radical (unpaired) electrons. The van der Waals surface area contributed by atoms with Crippen LogP contribution in [0, 0.1) is 5.41 Å². The molecule has 2 aromatic heterocycles. The van der Waals surface area contributed by atoms with Crippen LogP contribution in [0.25, 0.3) is 10.9 Å². The van der Waals surface area contributed by atoms with Crippen molar-refractivity contribution >= 4 is 16.8 Å². The molecule has 162 valence electrons. The summed E-state index contributed by atoms with van der Waals surface area (Å²) in [6.07, 6.45) is 7.52. The lowest BCUT2D eigenvalue weighted by Crippen LogP contribution is -2.57. The van der Waals surface area contributed by atoms with Crippen molar-refractivity contribution in [3.05, 3.63) is 65.6 Å². The van der Waals surface area contributed by atoms with E-state index in [0.29, 0.717) is 24.5 Å². The third-order valence-electron chi connectivity index (χ3n) is 7.66. The highest BCUT2D eigenvalue weighted by Gasteiger charge is 2.49. The molecule has 1 aliphatic carbocycles. The van der Waals surface area contributed by atoms with Crippen molar-refractivity contribution in [3.63, 3.8) is 0 Å². The maximum absolute atomic E-state index is 12.9. The van der Waals surface area contributed by atoms with Gasteiger partial charge in [-0.25, -0.2) is 0 Å². The van der Waals surface area contributed by atoms with Crippen molar-refractivity contribution in [2.45, 2.75) is 57.5 Å². The molecule has 3 atom stereocenters. The molecule has 1 aromatic carbocycles. The Labute approximate surface area is 184 Å². The Balaban J connectivity index is 1.54. The first-order valence-corrected chi connectivity index (χ1v) is 11.4. The van der Waals surface area contributed by atoms with Crippen LogP contribution in [0.3, 0.4) is 0 Å². The summed E-state index contributed by atoms with van der Waals surface area (Å²) in [5.74, 6) is 0.139. The summed E-state index contributed by atoms with van der Waals surface area (Å²) in [4.78, 5) is 19.7. The average molecular weight is 417 g/mol. The minimum absolute atomic E-state index is 0.175. The quantitative estimate of drug-likeness (QED) is 0.682. The van der Waals surface area contributed by atoms with Crippen LogP contribution in [0.4, 0.5) is 0 Å². The molecule has 0 spiro atoms. The van der Waals surface area contributed by atoms with Crippen LogP contribution in [-0.4, -0.2) is 40.0 Å². The van der Waals surface area contributed by atoms with Crippen molar-refractivity contribution in [1.29, 1.82) is 0 Å². The maximum Gasteiger partial charge on any atom is 0.224 e. The minimum atomic E-state index is -0.534. The lowest BCUT2D eigenvalue weighted by molar-refractivity contribution is -0.133. The summed E-state index contributed by atoms with van der Waals surface area (Å²) < 4.78 is 2.40. The van der Waals surface area contributed by atoms with Crippen LogP contribution in [0.1, 0.15) is 55.5 Å². The number of benzene rings is 1. The van der Waals surface area contributed by atoms with Gasteiger partial charge in [0, 0.05) is 53.5 Å². The summed E-state index contributed by atoms with van der Waals surface area (Å²) in [6.45, 7) is 5.19. The third-order valence-corrected chi connectivity index (χ3v) is 7.66. The van der Waals surface area contributed by atoms with E-state index in [9.17, 15) is 4.79 Å². The number of aryl methyl sites for hydroxylation is 1. The van der Waals surface area contributed by atoms with Gasteiger partial charge in [-0.15, -0.1) is 0 Å². The number of hydrogen-bond acceptors (Lipinski definition) is 3. The van der Waals surface area contributed by atoms with Crippen LogP contribution >= 0.6 is 0 Å². The van der Waals surface area contributed by atoms with Gasteiger partial charge < -0.3 is 15.2 Å². The molecule has 5 heteroatoms. The van der Waals surface area contributed by atoms with E-state index >= 15 is 0 Å². The number of pyridine rings is 1. The first-order valence-electron chi connectivity index (χ1n) is 11.4. The van der Waals surface area contributed by atoms with Gasteiger partial charge in [0.2, 0.25) is 5.91 Å². The van der Waals surface area contributed by atoms with Gasteiger partial charge in [-0.3, -0.25) is 9.78 Å². The molecule has 1 unspecified atom stereocenters. The number of hydrogen-bond donors (Lipinski definition) is 1. The summed E-state index contributed by atoms with van der Waals surface area (Å²) in [7, 11) is 2.17. The number of nitrogens with zero attached hydrogens (tertiary/aromatic N) is 3. The number of carbonyl (C=O) groups is 1. The monoisotopic (exact) mass is 416 g/mol. The molecule has 5 nitrogen and oxygen atoms in total. The van der Waals surface area contributed by atoms with Gasteiger partial charge >= 0.3 is 0 Å². The Morgan fingerprint density at radius 2 is 2.10 bits per heavy atom. The zero-order chi connectivity index (χ0) is 21.8. The smallest absolute Gasteiger partial charge is 0.224 e. The average Bonchev–Trinajstić information content (AvgIpc) is 3.14. The summed E-state index contributed by atoms with van der Waals surface area (Å²) in [5.41, 5.74) is 10.7. The number of carbonyl (C=O) groups excluding carboxylic acids is 1. The largest absolute Gasteiger partial charge is 0.369 e. The molecule has 1 amide bonds. The number of nitrogens with two attached hydrogens (primary N) is 1. The van der Waals surface area contributed by atoms with E-state index in [4.69, 9.17) is 5.73 Å². The lowest BCUT2D eigenvalue weighted by atomic mass is 9.64. The predicted molar refractivity (Wildman–Crippen MR) is 124 cm³/mol. The van der Waals surface area contributed by atoms with Gasteiger partial charge in [-0.2, -0.15) is 0 Å². The molecule has 0 saturated carbocycles. The molecular weight excluding hydrogens is 384 g/mol. The van der Waals surface area contributed by atoms with Crippen LogP contribution in [0.2, 0.25) is 0 Å². The zero-order valence-electron chi connectivity index (χ0n) is 18.7. The molecule has 3 aromatic rings. The van der Waals surface area contributed by atoms with E-state index in [-0.39, 0.29) is 5.91 Å². The molecule has 2 aliphatic rings. The molecule has 1 saturated heterocycles. The van der Waals surface area contributed by atoms with Gasteiger partial charge in [0.25, 0.3) is 0 Å². The Kier molecular flexibility index (Phi) is 4.89. The second-order valence-electron chi connectivity index (χ2n) is 9.86. The van der Waals surface area contributed by atoms with Crippen LogP contribution in [0.15, 0.2) is 48.8 Å². The van der Waals surface area contributed by atoms with Crippen LogP contribution in [0.5, 0.6) is 0 Å². The molecule has 1 fully saturated rings. The maximum atomic E-state index is 12.9. The number of rotatable bonds is 5. The number of likely N-dealkylation sites (tertiary alicyclic amines) is 1. The minimum Gasteiger partial charge on any atom is -0.369 e. The van der Waals surface area contributed by atoms with Gasteiger partial charge in [-0.1, -0.05) is 18.2 Å². The number of primary amides is 1. The molecule has 2 N–H and O–H groups in total. The van der Waals surface area contributed by atoms with Gasteiger partial charge in [0.05, 0.1) is 5.41 Å². The summed E-state index contributed by atoms with van der Waals surface area (Å²) in [6, 6.07) is 13.5. The zero-order valence-corrected chi connectivity index (χ0v) is 18.7. The fourth-order valence-electron chi connectivity index (χ4n) is 6.08. The number of fused-ring (bicyclic) bond motifs is 2. The Hall–Kier alpha value is -2.66. The van der Waals surface area contributed by atoms with Crippen molar-refractivity contribution in [2.24, 2.45) is 11.1 Å². The second kappa shape index (κ2) is 7.49. The van der Waals surface area contributed by atoms with Gasteiger partial charge in [0.1, 0.15) is 0 Å². The predicted octanol–water partition coefficient (Wildman–Crippen LogP) is 4.07. The Morgan fingerprint density at radius 3 is 2.81 bits per heavy atom. The van der Waals surface area contributed by atoms with E-state index < -0.39 is 5.41 Å². The molecule has 1 aliphatic heterocycles. The molecule has 5 rings (SSSR count). The summed E-state index contributed by atoms with van der Waals surface area (Å²) in [5, 5.41) is 1.40. The number of amides is 1. The van der Waals surface area contributed by atoms with E-state index in [0.717, 1.165) is 31.4 Å². The van der Waals surface area contributed by atoms with E-state index in [1.54, 1.807) is 0 Å². The standard InChI is InChI=1S/C26H32N4O/c1-17(2)30-15-18-13-23-21(20-8-6-9-22(30)24(18)20)14-26(25(27)31,16-29(23)3)11-10-19-7-4-5-12-28-19/h4-9,12,15,17,21,23H,10-11,13-14,16H2,1-3H3,(H2,27,31)/t21-,23-,26?/m1/s1.